The molecular weight excluding hydrogens is 234 g/mol. The molecule has 3 nitrogen and oxygen atoms in total. The summed E-state index contributed by atoms with van der Waals surface area (Å²) in [5, 5.41) is 6.82. The van der Waals surface area contributed by atoms with Crippen LogP contribution >= 0.6 is 0 Å². The van der Waals surface area contributed by atoms with Crippen molar-refractivity contribution in [3.05, 3.63) is 23.9 Å². The maximum absolute atomic E-state index is 4.40. The van der Waals surface area contributed by atoms with Crippen LogP contribution in [-0.4, -0.2) is 18.1 Å². The lowest BCUT2D eigenvalue weighted by Gasteiger charge is -2.25. The van der Waals surface area contributed by atoms with Crippen molar-refractivity contribution in [3.63, 3.8) is 0 Å². The molecule has 0 aliphatic heterocycles. The van der Waals surface area contributed by atoms with Crippen LogP contribution in [0.25, 0.3) is 0 Å². The summed E-state index contributed by atoms with van der Waals surface area (Å²) in [6.07, 6.45) is 1.88. The Hall–Kier alpha value is -1.09. The number of nitrogens with zero attached hydrogens (tertiary/aromatic N) is 1. The van der Waals surface area contributed by atoms with Crippen LogP contribution in [0.5, 0.6) is 0 Å². The van der Waals surface area contributed by atoms with Crippen molar-refractivity contribution in [2.24, 2.45) is 17.8 Å². The summed E-state index contributed by atoms with van der Waals surface area (Å²) in [5.74, 6) is 3.05. The summed E-state index contributed by atoms with van der Waals surface area (Å²) < 4.78 is 0. The number of hydrogen-bond acceptors (Lipinski definition) is 3. The third-order valence-electron chi connectivity index (χ3n) is 3.63. The Bertz CT molecular complexity index is 353. The van der Waals surface area contributed by atoms with E-state index < -0.39 is 0 Å². The summed E-state index contributed by atoms with van der Waals surface area (Å²) in [4.78, 5) is 4.40. The van der Waals surface area contributed by atoms with Crippen molar-refractivity contribution < 1.29 is 0 Å². The highest BCUT2D eigenvalue weighted by atomic mass is 15.0. The van der Waals surface area contributed by atoms with E-state index in [0.717, 1.165) is 25.5 Å². The van der Waals surface area contributed by atoms with Crippen molar-refractivity contribution in [2.45, 2.75) is 41.2 Å². The summed E-state index contributed by atoms with van der Waals surface area (Å²) in [6.45, 7) is 14.2. The minimum atomic E-state index is 0.680. The van der Waals surface area contributed by atoms with Gasteiger partial charge < -0.3 is 10.6 Å². The molecule has 0 amide bonds. The van der Waals surface area contributed by atoms with Gasteiger partial charge in [0.05, 0.1) is 0 Å². The first-order valence-corrected chi connectivity index (χ1v) is 7.44. The smallest absolute Gasteiger partial charge is 0.126 e. The van der Waals surface area contributed by atoms with Gasteiger partial charge in [0, 0.05) is 19.3 Å². The molecule has 0 aliphatic rings. The lowest BCUT2D eigenvalue weighted by molar-refractivity contribution is 0.304. The SMILES string of the molecule is CCNCc1ccnc(NCC(C(C)C)C(C)C)c1. The molecule has 1 aromatic rings. The highest BCUT2D eigenvalue weighted by Crippen LogP contribution is 2.21. The first-order valence-electron chi connectivity index (χ1n) is 7.44. The summed E-state index contributed by atoms with van der Waals surface area (Å²) in [5.41, 5.74) is 1.28. The van der Waals surface area contributed by atoms with Crippen LogP contribution in [0.4, 0.5) is 5.82 Å². The molecule has 0 fully saturated rings. The van der Waals surface area contributed by atoms with Gasteiger partial charge >= 0.3 is 0 Å². The predicted octanol–water partition coefficient (Wildman–Crippen LogP) is 3.53. The molecule has 1 rings (SSSR count). The molecule has 0 spiro atoms. The van der Waals surface area contributed by atoms with Crippen molar-refractivity contribution in [2.75, 3.05) is 18.4 Å². The van der Waals surface area contributed by atoms with Crippen molar-refractivity contribution in [3.8, 4) is 0 Å². The molecule has 19 heavy (non-hydrogen) atoms. The quantitative estimate of drug-likeness (QED) is 0.753. The van der Waals surface area contributed by atoms with Gasteiger partial charge in [0.25, 0.3) is 0 Å². The lowest BCUT2D eigenvalue weighted by Crippen LogP contribution is -2.24. The van der Waals surface area contributed by atoms with E-state index in [1.807, 2.05) is 6.20 Å². The Balaban J connectivity index is 2.56. The highest BCUT2D eigenvalue weighted by Gasteiger charge is 2.17. The fraction of sp³-hybridized carbons (Fsp3) is 0.688. The van der Waals surface area contributed by atoms with Crippen LogP contribution in [0.1, 0.15) is 40.2 Å². The second-order valence-electron chi connectivity index (χ2n) is 5.86. The molecule has 1 aromatic heterocycles. The third kappa shape index (κ3) is 5.60. The van der Waals surface area contributed by atoms with Crippen LogP contribution in [0.3, 0.4) is 0 Å². The van der Waals surface area contributed by atoms with Gasteiger partial charge in [-0.2, -0.15) is 0 Å². The first kappa shape index (κ1) is 16.0. The van der Waals surface area contributed by atoms with Gasteiger partial charge in [-0.1, -0.05) is 34.6 Å². The standard InChI is InChI=1S/C16H29N3/c1-6-17-10-14-7-8-18-16(9-14)19-11-15(12(2)3)13(4)5/h7-9,12-13,15,17H,6,10-11H2,1-5H3,(H,18,19). The zero-order valence-electron chi connectivity index (χ0n) is 13.0. The van der Waals surface area contributed by atoms with Gasteiger partial charge in [-0.3, -0.25) is 0 Å². The van der Waals surface area contributed by atoms with E-state index in [0.29, 0.717) is 17.8 Å². The Labute approximate surface area is 118 Å². The van der Waals surface area contributed by atoms with E-state index in [1.165, 1.54) is 5.56 Å². The minimum absolute atomic E-state index is 0.680. The summed E-state index contributed by atoms with van der Waals surface area (Å²) >= 11 is 0. The zero-order chi connectivity index (χ0) is 14.3. The molecule has 0 bridgehead atoms. The fourth-order valence-electron chi connectivity index (χ4n) is 2.41. The Kier molecular flexibility index (Phi) is 6.85. The Morgan fingerprint density at radius 3 is 2.42 bits per heavy atom. The largest absolute Gasteiger partial charge is 0.370 e. The van der Waals surface area contributed by atoms with E-state index >= 15 is 0 Å². The Morgan fingerprint density at radius 2 is 1.84 bits per heavy atom. The van der Waals surface area contributed by atoms with Gasteiger partial charge in [-0.05, 0) is 42.0 Å². The van der Waals surface area contributed by atoms with E-state index in [2.05, 4.69) is 62.4 Å². The molecule has 0 unspecified atom stereocenters. The molecule has 0 radical (unpaired) electrons. The molecule has 3 heteroatoms. The van der Waals surface area contributed by atoms with Gasteiger partial charge in [0.1, 0.15) is 5.82 Å². The molecule has 1 heterocycles. The van der Waals surface area contributed by atoms with Crippen molar-refractivity contribution in [1.82, 2.24) is 10.3 Å². The number of rotatable bonds is 8. The number of hydrogen-bond donors (Lipinski definition) is 2. The monoisotopic (exact) mass is 263 g/mol. The van der Waals surface area contributed by atoms with Gasteiger partial charge in [0.15, 0.2) is 0 Å². The highest BCUT2D eigenvalue weighted by molar-refractivity contribution is 5.37. The predicted molar refractivity (Wildman–Crippen MR) is 83.3 cm³/mol. The molecule has 2 N–H and O–H groups in total. The molecule has 0 aliphatic carbocycles. The first-order chi connectivity index (χ1) is 9.04. The van der Waals surface area contributed by atoms with E-state index in [-0.39, 0.29) is 0 Å². The Morgan fingerprint density at radius 1 is 1.16 bits per heavy atom. The van der Waals surface area contributed by atoms with Gasteiger partial charge in [0.2, 0.25) is 0 Å². The third-order valence-corrected chi connectivity index (χ3v) is 3.63. The van der Waals surface area contributed by atoms with Crippen LogP contribution in [0.2, 0.25) is 0 Å². The molecule has 108 valence electrons. The number of aromatic nitrogens is 1. The maximum atomic E-state index is 4.40. The second kappa shape index (κ2) is 8.16. The topological polar surface area (TPSA) is 37.0 Å². The van der Waals surface area contributed by atoms with Crippen LogP contribution in [-0.2, 0) is 6.54 Å². The number of pyridine rings is 1. The maximum Gasteiger partial charge on any atom is 0.126 e. The molecule has 0 saturated heterocycles. The summed E-state index contributed by atoms with van der Waals surface area (Å²) in [6, 6.07) is 4.20. The van der Waals surface area contributed by atoms with Crippen molar-refractivity contribution >= 4 is 5.82 Å². The molecule has 0 saturated carbocycles. The number of nitrogens with one attached hydrogen (secondary N) is 2. The minimum Gasteiger partial charge on any atom is -0.370 e. The van der Waals surface area contributed by atoms with Crippen LogP contribution < -0.4 is 10.6 Å². The van der Waals surface area contributed by atoms with Crippen LogP contribution in [0, 0.1) is 17.8 Å². The lowest BCUT2D eigenvalue weighted by atomic mass is 9.85. The second-order valence-corrected chi connectivity index (χ2v) is 5.86. The fourth-order valence-corrected chi connectivity index (χ4v) is 2.41. The van der Waals surface area contributed by atoms with Crippen molar-refractivity contribution in [1.29, 1.82) is 0 Å². The average Bonchev–Trinajstić information content (AvgIpc) is 2.36. The van der Waals surface area contributed by atoms with E-state index in [4.69, 9.17) is 0 Å². The normalized spacial score (nSPS) is 11.6. The van der Waals surface area contributed by atoms with E-state index in [1.54, 1.807) is 0 Å². The molecule has 0 aromatic carbocycles. The average molecular weight is 263 g/mol. The zero-order valence-corrected chi connectivity index (χ0v) is 13.0. The van der Waals surface area contributed by atoms with Gasteiger partial charge in [-0.15, -0.1) is 0 Å². The van der Waals surface area contributed by atoms with Gasteiger partial charge in [-0.25, -0.2) is 4.98 Å². The van der Waals surface area contributed by atoms with E-state index in [9.17, 15) is 0 Å². The van der Waals surface area contributed by atoms with Crippen LogP contribution in [0.15, 0.2) is 18.3 Å². The molecule has 0 atom stereocenters. The summed E-state index contributed by atoms with van der Waals surface area (Å²) in [7, 11) is 0. The number of anilines is 1. The molecular formula is C16H29N3.